The Morgan fingerprint density at radius 3 is 2.57 bits per heavy atom. The second kappa shape index (κ2) is 9.84. The Morgan fingerprint density at radius 1 is 1.23 bits per heavy atom. The van der Waals surface area contributed by atoms with Crippen LogP contribution in [0.2, 0.25) is 0 Å². The van der Waals surface area contributed by atoms with E-state index in [9.17, 15) is 13.2 Å². The number of carbonyl (C=O) groups is 1. The third-order valence-electron chi connectivity index (χ3n) is 4.87. The van der Waals surface area contributed by atoms with Crippen LogP contribution in [0.25, 0.3) is 6.08 Å². The monoisotopic (exact) mass is 431 g/mol. The Hall–Kier alpha value is -2.75. The Bertz CT molecular complexity index is 1000. The van der Waals surface area contributed by atoms with Crippen LogP contribution in [-0.2, 0) is 14.8 Å². The molecule has 160 valence electrons. The van der Waals surface area contributed by atoms with Crippen LogP contribution in [-0.4, -0.2) is 57.6 Å². The summed E-state index contributed by atoms with van der Waals surface area (Å²) in [6.45, 7) is 5.93. The zero-order valence-electron chi connectivity index (χ0n) is 17.2. The van der Waals surface area contributed by atoms with Crippen LogP contribution in [0.5, 0.6) is 0 Å². The van der Waals surface area contributed by atoms with Crippen molar-refractivity contribution < 1.29 is 22.5 Å². The van der Waals surface area contributed by atoms with Crippen molar-refractivity contribution in [3.63, 3.8) is 0 Å². The summed E-state index contributed by atoms with van der Waals surface area (Å²) in [5, 5.41) is 3.96. The number of piperazine rings is 1. The molecule has 1 aromatic carbocycles. The normalized spacial score (nSPS) is 16.8. The number of allylic oxidation sites excluding steroid dienone is 1. The lowest BCUT2D eigenvalue weighted by Crippen LogP contribution is -3.15. The molecular formula is C21H27N4O4S+. The molecule has 0 radical (unpaired) electrons. The number of benzene rings is 1. The van der Waals surface area contributed by atoms with E-state index >= 15 is 0 Å². The van der Waals surface area contributed by atoms with Crippen LogP contribution in [0.3, 0.4) is 0 Å². The third kappa shape index (κ3) is 5.88. The number of aryl methyl sites for hydroxylation is 1. The van der Waals surface area contributed by atoms with E-state index in [4.69, 9.17) is 4.42 Å². The molecule has 3 rings (SSSR count). The molecule has 1 aromatic heterocycles. The van der Waals surface area contributed by atoms with Crippen LogP contribution >= 0.6 is 0 Å². The first kappa shape index (κ1) is 21.9. The smallest absolute Gasteiger partial charge is 0.295 e. The Balaban J connectivity index is 1.45. The van der Waals surface area contributed by atoms with Crippen molar-refractivity contribution in [2.24, 2.45) is 5.10 Å². The fourth-order valence-corrected chi connectivity index (χ4v) is 4.63. The van der Waals surface area contributed by atoms with Crippen molar-refractivity contribution in [1.82, 2.24) is 9.73 Å². The van der Waals surface area contributed by atoms with Gasteiger partial charge in [-0.2, -0.15) is 9.41 Å². The maximum Gasteiger partial charge on any atom is 0.295 e. The minimum Gasteiger partial charge on any atom is -0.465 e. The van der Waals surface area contributed by atoms with Gasteiger partial charge in [0.1, 0.15) is 5.76 Å². The minimum absolute atomic E-state index is 0.207. The van der Waals surface area contributed by atoms with Crippen LogP contribution < -0.4 is 10.3 Å². The van der Waals surface area contributed by atoms with Crippen LogP contribution in [0.1, 0.15) is 18.2 Å². The van der Waals surface area contributed by atoms with E-state index in [2.05, 4.69) is 10.5 Å². The number of quaternary nitrogens is 1. The van der Waals surface area contributed by atoms with E-state index < -0.39 is 10.0 Å². The van der Waals surface area contributed by atoms with Crippen molar-refractivity contribution in [3.05, 3.63) is 59.6 Å². The average Bonchev–Trinajstić information content (AvgIpc) is 3.21. The summed E-state index contributed by atoms with van der Waals surface area (Å²) in [4.78, 5) is 13.5. The number of amides is 1. The summed E-state index contributed by atoms with van der Waals surface area (Å²) < 4.78 is 32.2. The highest BCUT2D eigenvalue weighted by atomic mass is 32.2. The van der Waals surface area contributed by atoms with E-state index in [0.717, 1.165) is 16.0 Å². The average molecular weight is 432 g/mol. The van der Waals surface area contributed by atoms with E-state index in [1.54, 1.807) is 42.8 Å². The summed E-state index contributed by atoms with van der Waals surface area (Å²) in [5.41, 5.74) is 4.38. The molecule has 0 saturated carbocycles. The van der Waals surface area contributed by atoms with Gasteiger partial charge in [-0.25, -0.2) is 13.8 Å². The molecule has 1 aliphatic rings. The van der Waals surface area contributed by atoms with E-state index in [1.165, 1.54) is 4.31 Å². The highest BCUT2D eigenvalue weighted by Gasteiger charge is 2.31. The number of nitrogens with zero attached hydrogens (tertiary/aromatic N) is 2. The van der Waals surface area contributed by atoms with Gasteiger partial charge in [0.2, 0.25) is 10.0 Å². The molecule has 1 saturated heterocycles. The Kier molecular flexibility index (Phi) is 7.20. The first-order valence-corrected chi connectivity index (χ1v) is 11.2. The molecule has 1 fully saturated rings. The summed E-state index contributed by atoms with van der Waals surface area (Å²) in [6, 6.07) is 10.5. The molecule has 0 aliphatic carbocycles. The fourth-order valence-electron chi connectivity index (χ4n) is 3.19. The van der Waals surface area contributed by atoms with Gasteiger partial charge in [0, 0.05) is 0 Å². The largest absolute Gasteiger partial charge is 0.465 e. The molecule has 2 heterocycles. The SMILES string of the molecule is CC(/C=N\NC(=O)C[NH+]1CCN(S(=O)(=O)c2ccc(C)cc2)CC1)=C\c1ccco1. The predicted octanol–water partition coefficient (Wildman–Crippen LogP) is 0.683. The Morgan fingerprint density at radius 2 is 1.93 bits per heavy atom. The van der Waals surface area contributed by atoms with Gasteiger partial charge in [0.15, 0.2) is 6.54 Å². The van der Waals surface area contributed by atoms with Crippen molar-refractivity contribution in [2.45, 2.75) is 18.7 Å². The van der Waals surface area contributed by atoms with Gasteiger partial charge in [-0.1, -0.05) is 17.7 Å². The second-order valence-corrected chi connectivity index (χ2v) is 9.28. The van der Waals surface area contributed by atoms with Gasteiger partial charge in [0.05, 0.1) is 43.6 Å². The zero-order chi connectivity index (χ0) is 21.6. The van der Waals surface area contributed by atoms with Crippen LogP contribution in [0.15, 0.2) is 62.6 Å². The highest BCUT2D eigenvalue weighted by molar-refractivity contribution is 7.89. The number of rotatable bonds is 7. The Labute approximate surface area is 176 Å². The number of sulfonamides is 1. The standard InChI is InChI=1S/C21H26N4O4S/c1-17-5-7-20(8-6-17)30(27,28)25-11-9-24(10-12-25)16-21(26)23-22-15-18(2)14-19-4-3-13-29-19/h3-8,13-15H,9-12,16H2,1-2H3,(H,23,26)/p+1/b18-14+,22-15-. The maximum atomic E-state index is 12.8. The summed E-state index contributed by atoms with van der Waals surface area (Å²) in [5.74, 6) is 0.509. The number of carbonyl (C=O) groups excluding carboxylic acids is 1. The van der Waals surface area contributed by atoms with E-state index in [-0.39, 0.29) is 12.5 Å². The first-order valence-electron chi connectivity index (χ1n) is 9.79. The van der Waals surface area contributed by atoms with Gasteiger partial charge >= 0.3 is 0 Å². The third-order valence-corrected chi connectivity index (χ3v) is 6.78. The molecule has 8 nitrogen and oxygen atoms in total. The quantitative estimate of drug-likeness (QED) is 0.498. The second-order valence-electron chi connectivity index (χ2n) is 7.34. The first-order chi connectivity index (χ1) is 14.3. The molecule has 30 heavy (non-hydrogen) atoms. The van der Waals surface area contributed by atoms with Crippen molar-refractivity contribution in [3.8, 4) is 0 Å². The van der Waals surface area contributed by atoms with Crippen molar-refractivity contribution in [2.75, 3.05) is 32.7 Å². The number of hydrogen-bond acceptors (Lipinski definition) is 5. The lowest BCUT2D eigenvalue weighted by Gasteiger charge is -2.31. The zero-order valence-corrected chi connectivity index (χ0v) is 18.0. The molecular weight excluding hydrogens is 404 g/mol. The molecule has 0 bridgehead atoms. The van der Waals surface area contributed by atoms with Gasteiger partial charge in [-0.15, -0.1) is 0 Å². The number of nitrogens with one attached hydrogen (secondary N) is 2. The number of furan rings is 1. The predicted molar refractivity (Wildman–Crippen MR) is 114 cm³/mol. The summed E-state index contributed by atoms with van der Waals surface area (Å²) in [6.07, 6.45) is 4.96. The lowest BCUT2D eigenvalue weighted by atomic mass is 10.2. The molecule has 0 unspecified atom stereocenters. The summed E-state index contributed by atoms with van der Waals surface area (Å²) in [7, 11) is -3.49. The van der Waals surface area contributed by atoms with Gasteiger partial charge in [-0.05, 0) is 49.8 Å². The maximum absolute atomic E-state index is 12.8. The number of hydrogen-bond donors (Lipinski definition) is 2. The lowest BCUT2D eigenvalue weighted by molar-refractivity contribution is -0.895. The minimum atomic E-state index is -3.49. The number of hydrazone groups is 1. The topological polar surface area (TPSA) is 96.4 Å². The van der Waals surface area contributed by atoms with E-state index in [0.29, 0.717) is 36.8 Å². The molecule has 9 heteroatoms. The molecule has 0 spiro atoms. The van der Waals surface area contributed by atoms with Crippen LogP contribution in [0, 0.1) is 6.92 Å². The van der Waals surface area contributed by atoms with Crippen LogP contribution in [0.4, 0.5) is 0 Å². The van der Waals surface area contributed by atoms with Crippen molar-refractivity contribution >= 4 is 28.2 Å². The summed E-state index contributed by atoms with van der Waals surface area (Å²) >= 11 is 0. The molecule has 2 aromatic rings. The molecule has 1 amide bonds. The van der Waals surface area contributed by atoms with Gasteiger partial charge < -0.3 is 9.32 Å². The van der Waals surface area contributed by atoms with Crippen molar-refractivity contribution in [1.29, 1.82) is 0 Å². The van der Waals surface area contributed by atoms with Gasteiger partial charge in [-0.3, -0.25) is 4.79 Å². The van der Waals surface area contributed by atoms with Gasteiger partial charge in [0.25, 0.3) is 5.91 Å². The molecule has 2 N–H and O–H groups in total. The fraction of sp³-hybridized carbons (Fsp3) is 0.333. The molecule has 0 atom stereocenters. The van der Waals surface area contributed by atoms with E-state index in [1.807, 2.05) is 26.0 Å². The molecule has 1 aliphatic heterocycles. The highest BCUT2D eigenvalue weighted by Crippen LogP contribution is 2.16.